The van der Waals surface area contributed by atoms with Crippen molar-refractivity contribution in [3.05, 3.63) is 26.7 Å². The second-order valence-electron chi connectivity index (χ2n) is 7.68. The van der Waals surface area contributed by atoms with Gasteiger partial charge in [-0.05, 0) is 18.8 Å². The molecule has 3 heterocycles. The first-order chi connectivity index (χ1) is 13.8. The van der Waals surface area contributed by atoms with E-state index >= 15 is 0 Å². The Hall–Kier alpha value is -2.20. The molecule has 0 radical (unpaired) electrons. The highest BCUT2D eigenvalue weighted by atomic mass is 32.2. The number of aromatic nitrogens is 4. The summed E-state index contributed by atoms with van der Waals surface area (Å²) in [5, 5.41) is 3.56. The van der Waals surface area contributed by atoms with Crippen LogP contribution in [0, 0.1) is 5.92 Å². The zero-order valence-electron chi connectivity index (χ0n) is 17.2. The van der Waals surface area contributed by atoms with Gasteiger partial charge < -0.3 is 10.1 Å². The Morgan fingerprint density at radius 1 is 1.28 bits per heavy atom. The molecule has 2 aromatic heterocycles. The molecule has 0 spiro atoms. The smallest absolute Gasteiger partial charge is 0.332 e. The molecule has 0 unspecified atom stereocenters. The third-order valence-corrected chi connectivity index (χ3v) is 5.77. The van der Waals surface area contributed by atoms with Crippen LogP contribution in [0.25, 0.3) is 11.0 Å². The summed E-state index contributed by atoms with van der Waals surface area (Å²) in [5.41, 5.74) is -0.602. The van der Waals surface area contributed by atoms with Gasteiger partial charge in [-0.2, -0.15) is 0 Å². The number of hydrogen-bond donors (Lipinski definition) is 1. The Kier molecular flexibility index (Phi) is 6.74. The van der Waals surface area contributed by atoms with Crippen molar-refractivity contribution in [2.45, 2.75) is 44.2 Å². The molecule has 10 heteroatoms. The molecule has 3 rings (SSSR count). The van der Waals surface area contributed by atoms with Crippen molar-refractivity contribution in [2.24, 2.45) is 20.0 Å². The summed E-state index contributed by atoms with van der Waals surface area (Å²) in [6.07, 6.45) is 2.65. The van der Waals surface area contributed by atoms with Gasteiger partial charge in [0.05, 0.1) is 11.9 Å². The van der Waals surface area contributed by atoms with Gasteiger partial charge in [-0.25, -0.2) is 14.8 Å². The molecule has 29 heavy (non-hydrogen) atoms. The molecule has 1 amide bonds. The minimum absolute atomic E-state index is 0.0725. The largest absolute Gasteiger partial charge is 0.376 e. The highest BCUT2D eigenvalue weighted by molar-refractivity contribution is 8.00. The number of fused-ring (bicyclic) bond motifs is 1. The van der Waals surface area contributed by atoms with E-state index in [4.69, 9.17) is 4.74 Å². The maximum atomic E-state index is 12.7. The Balaban J connectivity index is 1.89. The van der Waals surface area contributed by atoms with Crippen molar-refractivity contribution in [1.29, 1.82) is 0 Å². The number of nitrogens with zero attached hydrogens (tertiary/aromatic N) is 4. The van der Waals surface area contributed by atoms with Crippen LogP contribution in [-0.4, -0.2) is 50.0 Å². The number of amides is 1. The topological polar surface area (TPSA) is 108 Å². The molecule has 0 aromatic carbocycles. The SMILES string of the molecule is CC(C)Cc1nc(SCC(=O)NC[C@H]2CCCO2)c2c(=O)n(C)c(=O)n(C)c2n1. The van der Waals surface area contributed by atoms with E-state index in [1.54, 1.807) is 7.05 Å². The van der Waals surface area contributed by atoms with E-state index in [-0.39, 0.29) is 23.2 Å². The molecule has 158 valence electrons. The number of hydrogen-bond acceptors (Lipinski definition) is 7. The van der Waals surface area contributed by atoms with Crippen LogP contribution < -0.4 is 16.6 Å². The zero-order valence-corrected chi connectivity index (χ0v) is 18.0. The van der Waals surface area contributed by atoms with Crippen LogP contribution in [0.3, 0.4) is 0 Å². The fraction of sp³-hybridized carbons (Fsp3) is 0.632. The van der Waals surface area contributed by atoms with Crippen molar-refractivity contribution < 1.29 is 9.53 Å². The summed E-state index contributed by atoms with van der Waals surface area (Å²) >= 11 is 1.19. The molecule has 1 atom stereocenters. The third kappa shape index (κ3) is 4.87. The van der Waals surface area contributed by atoms with Crippen molar-refractivity contribution in [3.63, 3.8) is 0 Å². The Bertz CT molecular complexity index is 1020. The molecule has 0 bridgehead atoms. The first-order valence-electron chi connectivity index (χ1n) is 9.75. The number of ether oxygens (including phenoxy) is 1. The number of nitrogens with one attached hydrogen (secondary N) is 1. The van der Waals surface area contributed by atoms with E-state index < -0.39 is 11.2 Å². The van der Waals surface area contributed by atoms with Crippen LogP contribution in [0.1, 0.15) is 32.5 Å². The standard InChI is InChI=1S/C19H27N5O4S/c1-11(2)8-13-21-16-15(18(26)24(4)19(27)23(16)3)17(22-13)29-10-14(25)20-9-12-6-5-7-28-12/h11-12H,5-10H2,1-4H3,(H,20,25)/t12-/m1/s1. The summed E-state index contributed by atoms with van der Waals surface area (Å²) in [6.45, 7) is 5.31. The molecule has 1 N–H and O–H groups in total. The molecule has 9 nitrogen and oxygen atoms in total. The van der Waals surface area contributed by atoms with E-state index in [9.17, 15) is 14.4 Å². The van der Waals surface area contributed by atoms with Gasteiger partial charge >= 0.3 is 5.69 Å². The van der Waals surface area contributed by atoms with E-state index in [0.717, 1.165) is 24.0 Å². The predicted molar refractivity (Wildman–Crippen MR) is 111 cm³/mol. The van der Waals surface area contributed by atoms with E-state index in [1.165, 1.54) is 23.4 Å². The highest BCUT2D eigenvalue weighted by Crippen LogP contribution is 2.23. The molecule has 2 aromatic rings. The number of aryl methyl sites for hydroxylation is 1. The molecule has 0 aliphatic carbocycles. The maximum Gasteiger partial charge on any atom is 0.332 e. The van der Waals surface area contributed by atoms with Crippen LogP contribution in [-0.2, 0) is 30.0 Å². The Morgan fingerprint density at radius 2 is 2.03 bits per heavy atom. The predicted octanol–water partition coefficient (Wildman–Crippen LogP) is 0.613. The summed E-state index contributed by atoms with van der Waals surface area (Å²) in [4.78, 5) is 46.3. The first-order valence-corrected chi connectivity index (χ1v) is 10.7. The van der Waals surface area contributed by atoms with Gasteiger partial charge in [0.15, 0.2) is 5.65 Å². The number of thioether (sulfide) groups is 1. The van der Waals surface area contributed by atoms with Gasteiger partial charge in [0.1, 0.15) is 16.2 Å². The summed E-state index contributed by atoms with van der Waals surface area (Å²) in [7, 11) is 3.01. The molecular formula is C19H27N5O4S. The number of rotatable bonds is 7. The second-order valence-corrected chi connectivity index (χ2v) is 8.64. The molecule has 1 saturated heterocycles. The van der Waals surface area contributed by atoms with Gasteiger partial charge in [0.25, 0.3) is 5.56 Å². The van der Waals surface area contributed by atoms with Crippen LogP contribution >= 0.6 is 11.8 Å². The van der Waals surface area contributed by atoms with E-state index in [2.05, 4.69) is 15.3 Å². The average Bonchev–Trinajstić information content (AvgIpc) is 3.20. The minimum atomic E-state index is -0.457. The fourth-order valence-electron chi connectivity index (χ4n) is 3.25. The first kappa shape index (κ1) is 21.5. The lowest BCUT2D eigenvalue weighted by Gasteiger charge is -2.13. The summed E-state index contributed by atoms with van der Waals surface area (Å²) < 4.78 is 7.90. The minimum Gasteiger partial charge on any atom is -0.376 e. The lowest BCUT2D eigenvalue weighted by Crippen LogP contribution is -2.38. The third-order valence-electron chi connectivity index (χ3n) is 4.79. The van der Waals surface area contributed by atoms with Crippen molar-refractivity contribution >= 4 is 28.7 Å². The average molecular weight is 422 g/mol. The van der Waals surface area contributed by atoms with Crippen molar-refractivity contribution in [2.75, 3.05) is 18.9 Å². The normalized spacial score (nSPS) is 16.7. The summed E-state index contributed by atoms with van der Waals surface area (Å²) in [5.74, 6) is 0.831. The van der Waals surface area contributed by atoms with Gasteiger partial charge in [-0.1, -0.05) is 25.6 Å². The Labute approximate surface area is 172 Å². The number of carbonyl (C=O) groups excluding carboxylic acids is 1. The van der Waals surface area contributed by atoms with Gasteiger partial charge in [-0.3, -0.25) is 18.7 Å². The zero-order chi connectivity index (χ0) is 21.1. The monoisotopic (exact) mass is 421 g/mol. The second kappa shape index (κ2) is 9.08. The van der Waals surface area contributed by atoms with Gasteiger partial charge in [-0.15, -0.1) is 0 Å². The van der Waals surface area contributed by atoms with E-state index in [0.29, 0.717) is 35.4 Å². The molecule has 0 saturated carbocycles. The summed E-state index contributed by atoms with van der Waals surface area (Å²) in [6, 6.07) is 0. The van der Waals surface area contributed by atoms with Crippen LogP contribution in [0.15, 0.2) is 14.6 Å². The molecule has 1 fully saturated rings. The van der Waals surface area contributed by atoms with Crippen LogP contribution in [0.2, 0.25) is 0 Å². The molecular weight excluding hydrogens is 394 g/mol. The molecule has 1 aliphatic rings. The van der Waals surface area contributed by atoms with Crippen molar-refractivity contribution in [1.82, 2.24) is 24.4 Å². The quantitative estimate of drug-likeness (QED) is 0.515. The fourth-order valence-corrected chi connectivity index (χ4v) is 4.11. The van der Waals surface area contributed by atoms with Crippen molar-refractivity contribution in [3.8, 4) is 0 Å². The van der Waals surface area contributed by atoms with E-state index in [1.807, 2.05) is 13.8 Å². The van der Waals surface area contributed by atoms with Crippen LogP contribution in [0.4, 0.5) is 0 Å². The lowest BCUT2D eigenvalue weighted by atomic mass is 10.1. The van der Waals surface area contributed by atoms with Gasteiger partial charge in [0, 0.05) is 33.7 Å². The van der Waals surface area contributed by atoms with Gasteiger partial charge in [0.2, 0.25) is 5.91 Å². The maximum absolute atomic E-state index is 12.7. The van der Waals surface area contributed by atoms with Crippen LogP contribution in [0.5, 0.6) is 0 Å². The Morgan fingerprint density at radius 3 is 2.69 bits per heavy atom. The molecule has 1 aliphatic heterocycles. The number of carbonyl (C=O) groups is 1. The highest BCUT2D eigenvalue weighted by Gasteiger charge is 2.20. The lowest BCUT2D eigenvalue weighted by molar-refractivity contribution is -0.119.